The Labute approximate surface area is 113 Å². The van der Waals surface area contributed by atoms with E-state index < -0.39 is 0 Å². The van der Waals surface area contributed by atoms with Gasteiger partial charge < -0.3 is 0 Å². The lowest BCUT2D eigenvalue weighted by molar-refractivity contribution is 0.439. The SMILES string of the molecule is Cc1nc(SC2CCCCC2C#N)nc(C)c1C. The Kier molecular flexibility index (Phi) is 4.23. The maximum Gasteiger partial charge on any atom is 0.188 e. The topological polar surface area (TPSA) is 49.6 Å². The zero-order valence-electron chi connectivity index (χ0n) is 11.2. The molecule has 0 N–H and O–H groups in total. The highest BCUT2D eigenvalue weighted by Crippen LogP contribution is 2.36. The van der Waals surface area contributed by atoms with Crippen molar-refractivity contribution >= 4 is 11.8 Å². The molecule has 3 nitrogen and oxygen atoms in total. The fourth-order valence-electron chi connectivity index (χ4n) is 2.32. The molecule has 0 aromatic carbocycles. The van der Waals surface area contributed by atoms with E-state index in [4.69, 9.17) is 0 Å². The number of aryl methyl sites for hydroxylation is 2. The first kappa shape index (κ1) is 13.4. The van der Waals surface area contributed by atoms with Gasteiger partial charge in [0.25, 0.3) is 0 Å². The molecule has 0 amide bonds. The maximum absolute atomic E-state index is 9.19. The lowest BCUT2D eigenvalue weighted by atomic mass is 9.90. The number of rotatable bonds is 2. The number of thioether (sulfide) groups is 1. The molecular weight excluding hydrogens is 242 g/mol. The van der Waals surface area contributed by atoms with Crippen molar-refractivity contribution in [1.29, 1.82) is 5.26 Å². The van der Waals surface area contributed by atoms with Crippen LogP contribution in [0.4, 0.5) is 0 Å². The standard InChI is InChI=1S/C14H19N3S/c1-9-10(2)16-14(17-11(9)3)18-13-7-5-4-6-12(13)8-15/h12-13H,4-7H2,1-3H3. The number of hydrogen-bond donors (Lipinski definition) is 0. The third-order valence-corrected chi connectivity index (χ3v) is 5.00. The Morgan fingerprint density at radius 2 is 1.72 bits per heavy atom. The summed E-state index contributed by atoms with van der Waals surface area (Å²) in [4.78, 5) is 9.08. The second kappa shape index (κ2) is 5.71. The third kappa shape index (κ3) is 2.84. The summed E-state index contributed by atoms with van der Waals surface area (Å²) < 4.78 is 0. The highest BCUT2D eigenvalue weighted by Gasteiger charge is 2.26. The second-order valence-electron chi connectivity index (χ2n) is 4.98. The Hall–Kier alpha value is -1.08. The summed E-state index contributed by atoms with van der Waals surface area (Å²) >= 11 is 1.69. The molecule has 0 bridgehead atoms. The zero-order valence-corrected chi connectivity index (χ0v) is 12.0. The van der Waals surface area contributed by atoms with Gasteiger partial charge in [-0.15, -0.1) is 0 Å². The lowest BCUT2D eigenvalue weighted by Gasteiger charge is -2.25. The van der Waals surface area contributed by atoms with Crippen LogP contribution in [0.15, 0.2) is 5.16 Å². The largest absolute Gasteiger partial charge is 0.228 e. The van der Waals surface area contributed by atoms with Gasteiger partial charge in [0.2, 0.25) is 0 Å². The van der Waals surface area contributed by atoms with E-state index in [0.717, 1.165) is 29.4 Å². The maximum atomic E-state index is 9.19. The van der Waals surface area contributed by atoms with Crippen molar-refractivity contribution in [2.24, 2.45) is 5.92 Å². The van der Waals surface area contributed by atoms with Crippen molar-refractivity contribution in [2.45, 2.75) is 56.9 Å². The summed E-state index contributed by atoms with van der Waals surface area (Å²) in [7, 11) is 0. The van der Waals surface area contributed by atoms with Crippen molar-refractivity contribution in [1.82, 2.24) is 9.97 Å². The van der Waals surface area contributed by atoms with Crippen LogP contribution >= 0.6 is 11.8 Å². The van der Waals surface area contributed by atoms with Crippen molar-refractivity contribution in [3.63, 3.8) is 0 Å². The summed E-state index contributed by atoms with van der Waals surface area (Å²) in [5.74, 6) is 0.161. The van der Waals surface area contributed by atoms with Gasteiger partial charge >= 0.3 is 0 Å². The van der Waals surface area contributed by atoms with Gasteiger partial charge in [0, 0.05) is 16.6 Å². The normalized spacial score (nSPS) is 23.7. The Bertz CT molecular complexity index is 455. The van der Waals surface area contributed by atoms with Gasteiger partial charge in [-0.3, -0.25) is 0 Å². The Balaban J connectivity index is 2.16. The molecule has 1 fully saturated rings. The molecule has 0 spiro atoms. The van der Waals surface area contributed by atoms with E-state index in [1.807, 2.05) is 13.8 Å². The fraction of sp³-hybridized carbons (Fsp3) is 0.643. The molecule has 18 heavy (non-hydrogen) atoms. The lowest BCUT2D eigenvalue weighted by Crippen LogP contribution is -2.20. The van der Waals surface area contributed by atoms with Crippen molar-refractivity contribution in [3.05, 3.63) is 17.0 Å². The van der Waals surface area contributed by atoms with Crippen molar-refractivity contribution < 1.29 is 0 Å². The minimum absolute atomic E-state index is 0.161. The summed E-state index contributed by atoms with van der Waals surface area (Å²) in [5, 5.41) is 10.4. The van der Waals surface area contributed by atoms with Gasteiger partial charge in [0.1, 0.15) is 0 Å². The predicted molar refractivity (Wildman–Crippen MR) is 73.5 cm³/mol. The molecule has 1 saturated carbocycles. The highest BCUT2D eigenvalue weighted by atomic mass is 32.2. The molecule has 96 valence electrons. The van der Waals surface area contributed by atoms with Gasteiger partial charge in [-0.2, -0.15) is 5.26 Å². The van der Waals surface area contributed by atoms with Crippen LogP contribution in [0.3, 0.4) is 0 Å². The molecule has 1 aliphatic rings. The molecule has 2 atom stereocenters. The van der Waals surface area contributed by atoms with Gasteiger partial charge in [0.15, 0.2) is 5.16 Å². The smallest absolute Gasteiger partial charge is 0.188 e. The molecule has 1 aliphatic carbocycles. The van der Waals surface area contributed by atoms with Gasteiger partial charge in [0.05, 0.1) is 12.0 Å². The molecular formula is C14H19N3S. The monoisotopic (exact) mass is 261 g/mol. The Morgan fingerprint density at radius 1 is 1.11 bits per heavy atom. The summed E-state index contributed by atoms with van der Waals surface area (Å²) in [5.41, 5.74) is 3.27. The molecule has 1 aromatic rings. The summed E-state index contributed by atoms with van der Waals surface area (Å²) in [6.45, 7) is 6.10. The van der Waals surface area contributed by atoms with E-state index in [1.54, 1.807) is 11.8 Å². The Morgan fingerprint density at radius 3 is 2.33 bits per heavy atom. The van der Waals surface area contributed by atoms with Crippen LogP contribution in [0.2, 0.25) is 0 Å². The van der Waals surface area contributed by atoms with Crippen molar-refractivity contribution in [2.75, 3.05) is 0 Å². The average Bonchev–Trinajstić information content (AvgIpc) is 2.36. The van der Waals surface area contributed by atoms with Crippen LogP contribution in [-0.4, -0.2) is 15.2 Å². The third-order valence-electron chi connectivity index (χ3n) is 3.74. The molecule has 2 unspecified atom stereocenters. The fourth-order valence-corrected chi connectivity index (χ4v) is 3.61. The number of nitriles is 1. The van der Waals surface area contributed by atoms with Gasteiger partial charge in [-0.25, -0.2) is 9.97 Å². The number of nitrogens with zero attached hydrogens (tertiary/aromatic N) is 3. The van der Waals surface area contributed by atoms with E-state index in [9.17, 15) is 5.26 Å². The van der Waals surface area contributed by atoms with Crippen LogP contribution in [0.25, 0.3) is 0 Å². The minimum atomic E-state index is 0.161. The molecule has 0 radical (unpaired) electrons. The average molecular weight is 261 g/mol. The van der Waals surface area contributed by atoms with Crippen LogP contribution in [0.5, 0.6) is 0 Å². The molecule has 4 heteroatoms. The first-order valence-electron chi connectivity index (χ1n) is 6.50. The molecule has 1 heterocycles. The predicted octanol–water partition coefficient (Wildman–Crippen LogP) is 3.58. The molecule has 0 saturated heterocycles. The van der Waals surface area contributed by atoms with E-state index in [2.05, 4.69) is 23.0 Å². The van der Waals surface area contributed by atoms with Gasteiger partial charge in [-0.05, 0) is 39.2 Å². The van der Waals surface area contributed by atoms with E-state index >= 15 is 0 Å². The van der Waals surface area contributed by atoms with Gasteiger partial charge in [-0.1, -0.05) is 24.6 Å². The number of aromatic nitrogens is 2. The quantitative estimate of drug-likeness (QED) is 0.764. The molecule has 0 aliphatic heterocycles. The minimum Gasteiger partial charge on any atom is -0.228 e. The summed E-state index contributed by atoms with van der Waals surface area (Å²) in [6, 6.07) is 2.44. The first-order valence-corrected chi connectivity index (χ1v) is 7.38. The molecule has 2 rings (SSSR count). The van der Waals surface area contributed by atoms with Crippen LogP contribution < -0.4 is 0 Å². The first-order chi connectivity index (χ1) is 8.61. The zero-order chi connectivity index (χ0) is 13.1. The van der Waals surface area contributed by atoms with Crippen LogP contribution in [0, 0.1) is 38.0 Å². The summed E-state index contributed by atoms with van der Waals surface area (Å²) in [6.07, 6.45) is 4.54. The van der Waals surface area contributed by atoms with Crippen LogP contribution in [-0.2, 0) is 0 Å². The second-order valence-corrected chi connectivity index (χ2v) is 6.18. The number of hydrogen-bond acceptors (Lipinski definition) is 4. The van der Waals surface area contributed by atoms with Crippen molar-refractivity contribution in [3.8, 4) is 6.07 Å². The molecule has 1 aromatic heterocycles. The van der Waals surface area contributed by atoms with E-state index in [0.29, 0.717) is 5.25 Å². The highest BCUT2D eigenvalue weighted by molar-refractivity contribution is 7.99. The van der Waals surface area contributed by atoms with Crippen LogP contribution in [0.1, 0.15) is 42.6 Å². The van der Waals surface area contributed by atoms with E-state index in [1.165, 1.54) is 18.4 Å². The van der Waals surface area contributed by atoms with E-state index in [-0.39, 0.29) is 5.92 Å².